The summed E-state index contributed by atoms with van der Waals surface area (Å²) in [5, 5.41) is 0. The van der Waals surface area contributed by atoms with Crippen LogP contribution in [0.1, 0.15) is 6.42 Å². The summed E-state index contributed by atoms with van der Waals surface area (Å²) in [5.74, 6) is -8.90. The summed E-state index contributed by atoms with van der Waals surface area (Å²) < 4.78 is 49.7. The monoisotopic (exact) mass is 224 g/mol. The zero-order chi connectivity index (χ0) is 9.83. The highest BCUT2D eigenvalue weighted by Gasteiger charge is 2.53. The van der Waals surface area contributed by atoms with Gasteiger partial charge in [0.1, 0.15) is 0 Å². The quantitative estimate of drug-likeness (QED) is 0.506. The summed E-state index contributed by atoms with van der Waals surface area (Å²) in [6.07, 6.45) is -1.14. The molecule has 0 aliphatic rings. The summed E-state index contributed by atoms with van der Waals surface area (Å²) in [7, 11) is 0. The van der Waals surface area contributed by atoms with Gasteiger partial charge in [-0.25, -0.2) is 0 Å². The predicted molar refractivity (Wildman–Crippen MR) is 40.2 cm³/mol. The Balaban J connectivity index is 4.50. The van der Waals surface area contributed by atoms with E-state index >= 15 is 0 Å². The highest BCUT2D eigenvalue weighted by molar-refractivity contribution is 6.25. The normalized spacial score (nSPS) is 14.2. The third-order valence-corrected chi connectivity index (χ3v) is 1.48. The Morgan fingerprint density at radius 2 is 1.67 bits per heavy atom. The lowest BCUT2D eigenvalue weighted by molar-refractivity contribution is -0.179. The maximum Gasteiger partial charge on any atom is 0.329 e. The molecule has 0 rings (SSSR count). The van der Waals surface area contributed by atoms with E-state index in [0.717, 1.165) is 0 Å². The van der Waals surface area contributed by atoms with Crippen molar-refractivity contribution >= 4 is 23.2 Å². The van der Waals surface area contributed by atoms with Crippen molar-refractivity contribution in [2.75, 3.05) is 5.88 Å². The molecule has 0 aliphatic carbocycles. The van der Waals surface area contributed by atoms with Crippen LogP contribution in [0.15, 0.2) is 11.6 Å². The van der Waals surface area contributed by atoms with E-state index in [4.69, 9.17) is 23.2 Å². The molecule has 0 atom stereocenters. The fourth-order valence-electron chi connectivity index (χ4n) is 0.486. The van der Waals surface area contributed by atoms with Gasteiger partial charge in [0.2, 0.25) is 0 Å². The van der Waals surface area contributed by atoms with Crippen LogP contribution in [-0.2, 0) is 0 Å². The van der Waals surface area contributed by atoms with Crippen molar-refractivity contribution in [2.45, 2.75) is 18.3 Å². The van der Waals surface area contributed by atoms with Gasteiger partial charge in [-0.15, -0.1) is 11.6 Å². The maximum absolute atomic E-state index is 12.4. The van der Waals surface area contributed by atoms with Gasteiger partial charge < -0.3 is 0 Å². The van der Waals surface area contributed by atoms with E-state index in [-0.39, 0.29) is 6.08 Å². The van der Waals surface area contributed by atoms with Crippen LogP contribution in [0.25, 0.3) is 0 Å². The lowest BCUT2D eigenvalue weighted by atomic mass is 10.1. The largest absolute Gasteiger partial charge is 0.329 e. The van der Waals surface area contributed by atoms with Crippen LogP contribution in [0.4, 0.5) is 17.6 Å². The van der Waals surface area contributed by atoms with E-state index in [1.807, 2.05) is 0 Å². The molecule has 0 spiro atoms. The molecule has 0 saturated carbocycles. The van der Waals surface area contributed by atoms with Gasteiger partial charge in [-0.1, -0.05) is 11.6 Å². The Kier molecular flexibility index (Phi) is 4.34. The van der Waals surface area contributed by atoms with Crippen molar-refractivity contribution in [1.29, 1.82) is 0 Å². The van der Waals surface area contributed by atoms with Crippen molar-refractivity contribution in [3.63, 3.8) is 0 Å². The van der Waals surface area contributed by atoms with Crippen molar-refractivity contribution in [3.05, 3.63) is 11.6 Å². The summed E-state index contributed by atoms with van der Waals surface area (Å²) in [4.78, 5) is 0. The summed E-state index contributed by atoms with van der Waals surface area (Å²) >= 11 is 9.69. The molecule has 0 N–H and O–H groups in total. The highest BCUT2D eigenvalue weighted by atomic mass is 35.5. The SMILES string of the molecule is FC(F)(C=CCl)C(F)(F)CCCl. The van der Waals surface area contributed by atoms with Crippen molar-refractivity contribution in [1.82, 2.24) is 0 Å². The third kappa shape index (κ3) is 2.83. The lowest BCUT2D eigenvalue weighted by Crippen LogP contribution is -2.38. The second kappa shape index (κ2) is 4.33. The average Bonchev–Trinajstić information content (AvgIpc) is 1.86. The fourth-order valence-corrected chi connectivity index (χ4v) is 0.882. The van der Waals surface area contributed by atoms with E-state index in [9.17, 15) is 17.6 Å². The first kappa shape index (κ1) is 12.0. The molecule has 0 radical (unpaired) electrons. The number of alkyl halides is 5. The second-order valence-electron chi connectivity index (χ2n) is 2.06. The van der Waals surface area contributed by atoms with Crippen LogP contribution in [-0.4, -0.2) is 17.7 Å². The number of hydrogen-bond donors (Lipinski definition) is 0. The molecule has 72 valence electrons. The molecule has 0 bridgehead atoms. The van der Waals surface area contributed by atoms with Gasteiger partial charge in [-0.3, -0.25) is 0 Å². The molecule has 12 heavy (non-hydrogen) atoms. The first-order valence-electron chi connectivity index (χ1n) is 2.97. The van der Waals surface area contributed by atoms with E-state index in [1.165, 1.54) is 0 Å². The van der Waals surface area contributed by atoms with E-state index in [1.54, 1.807) is 0 Å². The van der Waals surface area contributed by atoms with E-state index in [2.05, 4.69) is 0 Å². The smallest absolute Gasteiger partial charge is 0.199 e. The summed E-state index contributed by atoms with van der Waals surface area (Å²) in [6.45, 7) is 0. The molecule has 0 heterocycles. The van der Waals surface area contributed by atoms with Crippen LogP contribution < -0.4 is 0 Å². The van der Waals surface area contributed by atoms with Crippen molar-refractivity contribution in [3.8, 4) is 0 Å². The Bertz CT molecular complexity index is 167. The molecule has 0 aromatic heterocycles. The van der Waals surface area contributed by atoms with Gasteiger partial charge in [-0.05, 0) is 0 Å². The Hall–Kier alpha value is 0.0400. The molecule has 0 aromatic rings. The Morgan fingerprint density at radius 3 is 2.00 bits per heavy atom. The van der Waals surface area contributed by atoms with Crippen molar-refractivity contribution < 1.29 is 17.6 Å². The molecule has 0 fully saturated rings. The summed E-state index contributed by atoms with van der Waals surface area (Å²) in [5.41, 5.74) is 0.363. The number of rotatable bonds is 4. The van der Waals surface area contributed by atoms with Crippen LogP contribution in [0.2, 0.25) is 0 Å². The van der Waals surface area contributed by atoms with Gasteiger partial charge in [0, 0.05) is 23.9 Å². The van der Waals surface area contributed by atoms with Gasteiger partial charge in [0.25, 0.3) is 0 Å². The van der Waals surface area contributed by atoms with E-state index in [0.29, 0.717) is 5.54 Å². The Morgan fingerprint density at radius 1 is 1.17 bits per heavy atom. The minimum Gasteiger partial charge on any atom is -0.199 e. The van der Waals surface area contributed by atoms with Gasteiger partial charge >= 0.3 is 11.8 Å². The second-order valence-corrected chi connectivity index (χ2v) is 2.69. The minimum absolute atomic E-state index is 0.0545. The van der Waals surface area contributed by atoms with Gasteiger partial charge in [0.05, 0.1) is 0 Å². The van der Waals surface area contributed by atoms with Crippen LogP contribution in [0, 0.1) is 0 Å². The molecular formula is C6H6Cl2F4. The first-order chi connectivity index (χ1) is 5.37. The van der Waals surface area contributed by atoms with Gasteiger partial charge in [0.15, 0.2) is 0 Å². The molecule has 0 aromatic carbocycles. The predicted octanol–water partition coefficient (Wildman–Crippen LogP) is 3.64. The number of hydrogen-bond acceptors (Lipinski definition) is 0. The third-order valence-electron chi connectivity index (χ3n) is 1.17. The fraction of sp³-hybridized carbons (Fsp3) is 0.667. The highest BCUT2D eigenvalue weighted by Crippen LogP contribution is 2.38. The molecule has 6 heteroatoms. The minimum atomic E-state index is -4.23. The lowest BCUT2D eigenvalue weighted by Gasteiger charge is -2.22. The molecule has 0 amide bonds. The summed E-state index contributed by atoms with van der Waals surface area (Å²) in [6, 6.07) is 0. The van der Waals surface area contributed by atoms with Gasteiger partial charge in [-0.2, -0.15) is 17.6 Å². The zero-order valence-electron chi connectivity index (χ0n) is 5.84. The van der Waals surface area contributed by atoms with Crippen LogP contribution >= 0.6 is 23.2 Å². The average molecular weight is 225 g/mol. The molecule has 0 nitrogen and oxygen atoms in total. The standard InChI is InChI=1S/C6H6Cl2F4/c7-3-1-5(9,10)6(11,12)2-4-8/h1,3H,2,4H2. The molecule has 0 saturated heterocycles. The topological polar surface area (TPSA) is 0 Å². The maximum atomic E-state index is 12.4. The van der Waals surface area contributed by atoms with Crippen LogP contribution in [0.3, 0.4) is 0 Å². The van der Waals surface area contributed by atoms with Crippen molar-refractivity contribution in [2.24, 2.45) is 0 Å². The first-order valence-corrected chi connectivity index (χ1v) is 3.94. The Labute approximate surface area is 77.1 Å². The molecule has 0 aliphatic heterocycles. The molecule has 0 unspecified atom stereocenters. The van der Waals surface area contributed by atoms with E-state index < -0.39 is 24.1 Å². The zero-order valence-corrected chi connectivity index (χ0v) is 7.35. The number of allylic oxidation sites excluding steroid dienone is 1. The number of halogens is 6. The molecular weight excluding hydrogens is 219 g/mol. The van der Waals surface area contributed by atoms with Crippen LogP contribution in [0.5, 0.6) is 0 Å².